The summed E-state index contributed by atoms with van der Waals surface area (Å²) in [6, 6.07) is 0. The van der Waals surface area contributed by atoms with Crippen LogP contribution in [-0.4, -0.2) is 58.5 Å². The molecular formula is C12H18N4O3. The maximum Gasteiger partial charge on any atom is 0.328 e. The van der Waals surface area contributed by atoms with E-state index in [9.17, 15) is 14.4 Å². The van der Waals surface area contributed by atoms with Crippen molar-refractivity contribution in [3.8, 4) is 0 Å². The fourth-order valence-electron chi connectivity index (χ4n) is 2.04. The van der Waals surface area contributed by atoms with Crippen LogP contribution in [0.5, 0.6) is 0 Å². The highest BCUT2D eigenvalue weighted by Crippen LogP contribution is 2.00. The second kappa shape index (κ2) is 5.40. The van der Waals surface area contributed by atoms with Gasteiger partial charge in [0.05, 0.1) is 0 Å². The molecule has 0 aromatic carbocycles. The van der Waals surface area contributed by atoms with E-state index in [1.54, 1.807) is 11.8 Å². The molecule has 0 bridgehead atoms. The SMILES string of the molecule is Cc1cn(CC(=O)N2CCN(C)CC2)c(=O)[nH]c1=O. The molecule has 1 fully saturated rings. The number of carbonyl (C=O) groups is 1. The Labute approximate surface area is 110 Å². The second-order valence-electron chi connectivity index (χ2n) is 4.88. The number of aromatic amines is 1. The second-order valence-corrected chi connectivity index (χ2v) is 4.88. The van der Waals surface area contributed by atoms with E-state index in [4.69, 9.17) is 0 Å². The van der Waals surface area contributed by atoms with Crippen LogP contribution in [0.3, 0.4) is 0 Å². The van der Waals surface area contributed by atoms with Crippen molar-refractivity contribution in [1.82, 2.24) is 19.4 Å². The third-order valence-electron chi connectivity index (χ3n) is 3.35. The van der Waals surface area contributed by atoms with Gasteiger partial charge in [0, 0.05) is 37.9 Å². The zero-order valence-electron chi connectivity index (χ0n) is 11.2. The van der Waals surface area contributed by atoms with Crippen LogP contribution in [0.25, 0.3) is 0 Å². The van der Waals surface area contributed by atoms with Gasteiger partial charge >= 0.3 is 5.69 Å². The van der Waals surface area contributed by atoms with E-state index in [2.05, 4.69) is 9.88 Å². The topological polar surface area (TPSA) is 78.4 Å². The number of hydrogen-bond donors (Lipinski definition) is 1. The zero-order chi connectivity index (χ0) is 14.0. The molecule has 0 radical (unpaired) electrons. The molecule has 7 heteroatoms. The number of likely N-dealkylation sites (N-methyl/N-ethyl adjacent to an activating group) is 1. The standard InChI is InChI=1S/C12H18N4O3/c1-9-7-16(12(19)13-11(9)18)8-10(17)15-5-3-14(2)4-6-15/h7H,3-6,8H2,1-2H3,(H,13,18,19). The monoisotopic (exact) mass is 266 g/mol. The molecule has 1 N–H and O–H groups in total. The van der Waals surface area contributed by atoms with Crippen LogP contribution < -0.4 is 11.2 Å². The van der Waals surface area contributed by atoms with Crippen LogP contribution in [0.15, 0.2) is 15.8 Å². The minimum atomic E-state index is -0.543. The Balaban J connectivity index is 2.09. The van der Waals surface area contributed by atoms with Crippen molar-refractivity contribution in [2.24, 2.45) is 0 Å². The predicted molar refractivity (Wildman–Crippen MR) is 70.1 cm³/mol. The summed E-state index contributed by atoms with van der Waals surface area (Å²) in [5.41, 5.74) is -0.530. The lowest BCUT2D eigenvalue weighted by atomic mass is 10.3. The Kier molecular flexibility index (Phi) is 3.84. The lowest BCUT2D eigenvalue weighted by Crippen LogP contribution is -2.49. The molecule has 0 saturated carbocycles. The summed E-state index contributed by atoms with van der Waals surface area (Å²) in [7, 11) is 2.01. The Morgan fingerprint density at radius 2 is 1.89 bits per heavy atom. The molecule has 1 aromatic rings. The van der Waals surface area contributed by atoms with Crippen molar-refractivity contribution in [2.45, 2.75) is 13.5 Å². The molecule has 1 aromatic heterocycles. The smallest absolute Gasteiger partial charge is 0.328 e. The lowest BCUT2D eigenvalue weighted by molar-refractivity contribution is -0.133. The first-order valence-electron chi connectivity index (χ1n) is 6.24. The average molecular weight is 266 g/mol. The number of H-pyrrole nitrogens is 1. The van der Waals surface area contributed by atoms with Crippen LogP contribution in [0.1, 0.15) is 5.56 Å². The molecule has 0 unspecified atom stereocenters. The summed E-state index contributed by atoms with van der Waals surface area (Å²) in [6.45, 7) is 4.60. The summed E-state index contributed by atoms with van der Waals surface area (Å²) in [5.74, 6) is -0.0957. The third-order valence-corrected chi connectivity index (χ3v) is 3.35. The minimum absolute atomic E-state index is 0.0276. The van der Waals surface area contributed by atoms with E-state index < -0.39 is 11.2 Å². The molecule has 0 atom stereocenters. The zero-order valence-corrected chi connectivity index (χ0v) is 11.2. The van der Waals surface area contributed by atoms with Crippen LogP contribution in [-0.2, 0) is 11.3 Å². The van der Waals surface area contributed by atoms with Gasteiger partial charge in [-0.3, -0.25) is 19.1 Å². The first-order chi connectivity index (χ1) is 8.97. The Hall–Kier alpha value is -1.89. The van der Waals surface area contributed by atoms with Gasteiger partial charge in [0.2, 0.25) is 5.91 Å². The van der Waals surface area contributed by atoms with Gasteiger partial charge in [0.15, 0.2) is 0 Å². The predicted octanol–water partition coefficient (Wildman–Crippen LogP) is -1.38. The number of rotatable bonds is 2. The van der Waals surface area contributed by atoms with Crippen molar-refractivity contribution in [1.29, 1.82) is 0 Å². The lowest BCUT2D eigenvalue weighted by Gasteiger charge is -2.32. The molecular weight excluding hydrogens is 248 g/mol. The van der Waals surface area contributed by atoms with Crippen LogP contribution >= 0.6 is 0 Å². The van der Waals surface area contributed by atoms with E-state index in [1.165, 1.54) is 10.8 Å². The molecule has 1 saturated heterocycles. The highest BCUT2D eigenvalue weighted by molar-refractivity contribution is 5.76. The van der Waals surface area contributed by atoms with E-state index in [0.717, 1.165) is 13.1 Å². The van der Waals surface area contributed by atoms with Crippen molar-refractivity contribution < 1.29 is 4.79 Å². The first-order valence-corrected chi connectivity index (χ1v) is 6.24. The van der Waals surface area contributed by atoms with Gasteiger partial charge in [-0.25, -0.2) is 4.79 Å². The van der Waals surface area contributed by atoms with Gasteiger partial charge in [-0.15, -0.1) is 0 Å². The summed E-state index contributed by atoms with van der Waals surface area (Å²) < 4.78 is 1.25. The van der Waals surface area contributed by atoms with Crippen molar-refractivity contribution in [2.75, 3.05) is 33.2 Å². The van der Waals surface area contributed by atoms with Gasteiger partial charge in [-0.05, 0) is 14.0 Å². The summed E-state index contributed by atoms with van der Waals surface area (Å²) >= 11 is 0. The van der Waals surface area contributed by atoms with E-state index in [0.29, 0.717) is 18.7 Å². The number of nitrogens with one attached hydrogen (secondary N) is 1. The normalized spacial score (nSPS) is 16.6. The third kappa shape index (κ3) is 3.11. The molecule has 2 rings (SSSR count). The van der Waals surface area contributed by atoms with Gasteiger partial charge in [0.25, 0.3) is 5.56 Å². The Morgan fingerprint density at radius 3 is 2.53 bits per heavy atom. The Bertz CT molecular complexity index is 581. The van der Waals surface area contributed by atoms with Gasteiger partial charge in [-0.2, -0.15) is 0 Å². The van der Waals surface area contributed by atoms with Crippen molar-refractivity contribution in [3.63, 3.8) is 0 Å². The van der Waals surface area contributed by atoms with E-state index in [1.807, 2.05) is 7.05 Å². The Morgan fingerprint density at radius 1 is 1.26 bits per heavy atom. The maximum absolute atomic E-state index is 12.1. The molecule has 1 amide bonds. The first kappa shape index (κ1) is 13.5. The average Bonchev–Trinajstić information content (AvgIpc) is 2.36. The van der Waals surface area contributed by atoms with Gasteiger partial charge in [0.1, 0.15) is 6.54 Å². The quantitative estimate of drug-likeness (QED) is 0.715. The summed E-state index contributed by atoms with van der Waals surface area (Å²) in [5, 5.41) is 0. The number of aryl methyl sites for hydroxylation is 1. The fraction of sp³-hybridized carbons (Fsp3) is 0.583. The molecule has 1 aliphatic heterocycles. The fourth-order valence-corrected chi connectivity index (χ4v) is 2.04. The molecule has 0 aliphatic carbocycles. The van der Waals surface area contributed by atoms with Crippen molar-refractivity contribution in [3.05, 3.63) is 32.6 Å². The van der Waals surface area contributed by atoms with E-state index >= 15 is 0 Å². The minimum Gasteiger partial charge on any atom is -0.339 e. The molecule has 2 heterocycles. The number of aromatic nitrogens is 2. The molecule has 104 valence electrons. The largest absolute Gasteiger partial charge is 0.339 e. The number of nitrogens with zero attached hydrogens (tertiary/aromatic N) is 3. The highest BCUT2D eigenvalue weighted by Gasteiger charge is 2.19. The van der Waals surface area contributed by atoms with Crippen LogP contribution in [0.4, 0.5) is 0 Å². The van der Waals surface area contributed by atoms with Crippen molar-refractivity contribution >= 4 is 5.91 Å². The number of amides is 1. The molecule has 7 nitrogen and oxygen atoms in total. The maximum atomic E-state index is 12.1. The van der Waals surface area contributed by atoms with Crippen LogP contribution in [0, 0.1) is 6.92 Å². The van der Waals surface area contributed by atoms with Gasteiger partial charge < -0.3 is 9.80 Å². The molecule has 19 heavy (non-hydrogen) atoms. The molecule has 1 aliphatic rings. The number of piperazine rings is 1. The molecule has 0 spiro atoms. The van der Waals surface area contributed by atoms with E-state index in [-0.39, 0.29) is 12.5 Å². The summed E-state index contributed by atoms with van der Waals surface area (Å²) in [6.07, 6.45) is 1.43. The van der Waals surface area contributed by atoms with Crippen LogP contribution in [0.2, 0.25) is 0 Å². The number of carbonyl (C=O) groups excluding carboxylic acids is 1. The van der Waals surface area contributed by atoms with Gasteiger partial charge in [-0.1, -0.05) is 0 Å². The number of hydrogen-bond acceptors (Lipinski definition) is 4. The highest BCUT2D eigenvalue weighted by atomic mass is 16.2. The summed E-state index contributed by atoms with van der Waals surface area (Å²) in [4.78, 5) is 41.0.